The number of hydrogen-bond acceptors (Lipinski definition) is 4. The van der Waals surface area contributed by atoms with Crippen LogP contribution in [-0.4, -0.2) is 28.3 Å². The number of halogens is 1. The standard InChI is InChI=1S/C9H13N3S.ClH/c1-3-8(10-4-1)7-13-9-11-5-2-6-12-9;/h2,5-6,8,10H,1,3-4,7H2;1H/t8-;/m0./s1. The zero-order valence-corrected chi connectivity index (χ0v) is 9.48. The van der Waals surface area contributed by atoms with E-state index in [0.717, 1.165) is 10.9 Å². The number of hydrogen-bond donors (Lipinski definition) is 1. The fraction of sp³-hybridized carbons (Fsp3) is 0.556. The predicted octanol–water partition coefficient (Wildman–Crippen LogP) is 1.74. The van der Waals surface area contributed by atoms with Crippen LogP contribution in [0.1, 0.15) is 12.8 Å². The molecule has 1 aromatic heterocycles. The molecular formula is C9H14ClN3S. The van der Waals surface area contributed by atoms with Crippen LogP contribution in [0, 0.1) is 0 Å². The quantitative estimate of drug-likeness (QED) is 0.635. The maximum Gasteiger partial charge on any atom is 0.187 e. The third-order valence-electron chi connectivity index (χ3n) is 2.12. The Hall–Kier alpha value is -0.320. The predicted molar refractivity (Wildman–Crippen MR) is 61.0 cm³/mol. The van der Waals surface area contributed by atoms with E-state index < -0.39 is 0 Å². The summed E-state index contributed by atoms with van der Waals surface area (Å²) >= 11 is 1.73. The molecule has 0 bridgehead atoms. The fourth-order valence-electron chi connectivity index (χ4n) is 1.43. The Labute approximate surface area is 94.5 Å². The van der Waals surface area contributed by atoms with Gasteiger partial charge in [0.25, 0.3) is 0 Å². The van der Waals surface area contributed by atoms with Crippen LogP contribution in [0.15, 0.2) is 23.6 Å². The van der Waals surface area contributed by atoms with Crippen molar-refractivity contribution in [1.82, 2.24) is 15.3 Å². The van der Waals surface area contributed by atoms with Crippen molar-refractivity contribution in [2.75, 3.05) is 12.3 Å². The van der Waals surface area contributed by atoms with Gasteiger partial charge in [-0.3, -0.25) is 0 Å². The van der Waals surface area contributed by atoms with E-state index in [1.165, 1.54) is 19.4 Å². The highest BCUT2D eigenvalue weighted by Crippen LogP contribution is 2.16. The molecule has 14 heavy (non-hydrogen) atoms. The van der Waals surface area contributed by atoms with Crippen molar-refractivity contribution in [2.24, 2.45) is 0 Å². The Balaban J connectivity index is 0.000000980. The summed E-state index contributed by atoms with van der Waals surface area (Å²) in [5.74, 6) is 1.09. The maximum absolute atomic E-state index is 4.16. The molecule has 1 N–H and O–H groups in total. The molecule has 0 unspecified atom stereocenters. The van der Waals surface area contributed by atoms with Crippen molar-refractivity contribution in [1.29, 1.82) is 0 Å². The largest absolute Gasteiger partial charge is 0.313 e. The van der Waals surface area contributed by atoms with E-state index in [-0.39, 0.29) is 12.4 Å². The third-order valence-corrected chi connectivity index (χ3v) is 3.16. The Kier molecular flexibility index (Phi) is 5.22. The van der Waals surface area contributed by atoms with Gasteiger partial charge in [0.15, 0.2) is 5.16 Å². The van der Waals surface area contributed by atoms with Crippen molar-refractivity contribution in [3.63, 3.8) is 0 Å². The van der Waals surface area contributed by atoms with E-state index in [0.29, 0.717) is 6.04 Å². The van der Waals surface area contributed by atoms with Crippen molar-refractivity contribution < 1.29 is 0 Å². The van der Waals surface area contributed by atoms with E-state index in [1.807, 2.05) is 6.07 Å². The topological polar surface area (TPSA) is 37.8 Å². The zero-order valence-electron chi connectivity index (χ0n) is 7.85. The highest BCUT2D eigenvalue weighted by atomic mass is 35.5. The van der Waals surface area contributed by atoms with Crippen molar-refractivity contribution in [3.05, 3.63) is 18.5 Å². The molecule has 0 radical (unpaired) electrons. The van der Waals surface area contributed by atoms with Gasteiger partial charge in [-0.15, -0.1) is 12.4 Å². The van der Waals surface area contributed by atoms with Gasteiger partial charge in [0.1, 0.15) is 0 Å². The lowest BCUT2D eigenvalue weighted by Crippen LogP contribution is -2.23. The number of rotatable bonds is 3. The van der Waals surface area contributed by atoms with Crippen LogP contribution in [0.3, 0.4) is 0 Å². The van der Waals surface area contributed by atoms with Crippen LogP contribution in [-0.2, 0) is 0 Å². The molecular weight excluding hydrogens is 218 g/mol. The summed E-state index contributed by atoms with van der Waals surface area (Å²) in [6.45, 7) is 1.17. The molecule has 5 heteroatoms. The molecule has 0 aliphatic carbocycles. The minimum absolute atomic E-state index is 0. The molecule has 1 atom stereocenters. The highest BCUT2D eigenvalue weighted by Gasteiger charge is 2.14. The molecule has 0 aromatic carbocycles. The van der Waals surface area contributed by atoms with E-state index >= 15 is 0 Å². The van der Waals surface area contributed by atoms with Crippen LogP contribution in [0.5, 0.6) is 0 Å². The fourth-order valence-corrected chi connectivity index (χ4v) is 2.34. The first kappa shape index (κ1) is 11.8. The summed E-state index contributed by atoms with van der Waals surface area (Å²) in [7, 11) is 0. The van der Waals surface area contributed by atoms with Crippen molar-refractivity contribution >= 4 is 24.2 Å². The Morgan fingerprint density at radius 3 is 2.86 bits per heavy atom. The molecule has 1 saturated heterocycles. The maximum atomic E-state index is 4.16. The molecule has 0 spiro atoms. The Bertz CT molecular complexity index is 251. The summed E-state index contributed by atoms with van der Waals surface area (Å²) < 4.78 is 0. The normalized spacial score (nSPS) is 20.4. The van der Waals surface area contributed by atoms with Gasteiger partial charge in [0.05, 0.1) is 0 Å². The smallest absolute Gasteiger partial charge is 0.187 e. The van der Waals surface area contributed by atoms with Crippen LogP contribution in [0.25, 0.3) is 0 Å². The minimum Gasteiger partial charge on any atom is -0.313 e. The second-order valence-electron chi connectivity index (χ2n) is 3.14. The van der Waals surface area contributed by atoms with Crippen LogP contribution < -0.4 is 5.32 Å². The van der Waals surface area contributed by atoms with Crippen molar-refractivity contribution in [3.8, 4) is 0 Å². The summed E-state index contributed by atoms with van der Waals surface area (Å²) in [5, 5.41) is 4.34. The highest BCUT2D eigenvalue weighted by molar-refractivity contribution is 7.99. The number of aromatic nitrogens is 2. The van der Waals surface area contributed by atoms with E-state index in [1.54, 1.807) is 24.2 Å². The lowest BCUT2D eigenvalue weighted by atomic mass is 10.3. The second kappa shape index (κ2) is 6.22. The third kappa shape index (κ3) is 3.44. The second-order valence-corrected chi connectivity index (χ2v) is 4.12. The molecule has 1 fully saturated rings. The first-order valence-corrected chi connectivity index (χ1v) is 5.57. The summed E-state index contributed by atoms with van der Waals surface area (Å²) in [6.07, 6.45) is 6.18. The molecule has 3 nitrogen and oxygen atoms in total. The van der Waals surface area contributed by atoms with Gasteiger partial charge in [-0.25, -0.2) is 9.97 Å². The van der Waals surface area contributed by atoms with E-state index in [2.05, 4.69) is 15.3 Å². The number of thioether (sulfide) groups is 1. The molecule has 1 aromatic rings. The summed E-state index contributed by atoms with van der Waals surface area (Å²) in [5.41, 5.74) is 0. The van der Waals surface area contributed by atoms with Gasteiger partial charge in [0, 0.05) is 24.2 Å². The van der Waals surface area contributed by atoms with Gasteiger partial charge in [-0.2, -0.15) is 0 Å². The Morgan fingerprint density at radius 1 is 1.43 bits per heavy atom. The van der Waals surface area contributed by atoms with Gasteiger partial charge in [0.2, 0.25) is 0 Å². The van der Waals surface area contributed by atoms with Crippen molar-refractivity contribution in [2.45, 2.75) is 24.0 Å². The van der Waals surface area contributed by atoms with Crippen LogP contribution in [0.2, 0.25) is 0 Å². The molecule has 0 saturated carbocycles. The van der Waals surface area contributed by atoms with E-state index in [4.69, 9.17) is 0 Å². The molecule has 2 rings (SSSR count). The summed E-state index contributed by atoms with van der Waals surface area (Å²) in [4.78, 5) is 8.33. The monoisotopic (exact) mass is 231 g/mol. The van der Waals surface area contributed by atoms with Crippen LogP contribution in [0.4, 0.5) is 0 Å². The molecule has 78 valence electrons. The van der Waals surface area contributed by atoms with Gasteiger partial charge >= 0.3 is 0 Å². The molecule has 1 aliphatic rings. The average molecular weight is 232 g/mol. The zero-order chi connectivity index (χ0) is 8.93. The molecule has 1 aliphatic heterocycles. The lowest BCUT2D eigenvalue weighted by Gasteiger charge is -2.07. The Morgan fingerprint density at radius 2 is 2.21 bits per heavy atom. The van der Waals surface area contributed by atoms with Crippen LogP contribution >= 0.6 is 24.2 Å². The molecule has 2 heterocycles. The molecule has 0 amide bonds. The lowest BCUT2D eigenvalue weighted by molar-refractivity contribution is 0.673. The number of nitrogens with one attached hydrogen (secondary N) is 1. The SMILES string of the molecule is Cl.c1cnc(SC[C@@H]2CCCN2)nc1. The minimum atomic E-state index is 0. The van der Waals surface area contributed by atoms with E-state index in [9.17, 15) is 0 Å². The summed E-state index contributed by atoms with van der Waals surface area (Å²) in [6, 6.07) is 2.51. The first-order valence-electron chi connectivity index (χ1n) is 4.58. The van der Waals surface area contributed by atoms with Gasteiger partial charge in [-0.05, 0) is 25.5 Å². The number of nitrogens with zero attached hydrogens (tertiary/aromatic N) is 2. The van der Waals surface area contributed by atoms with Gasteiger partial charge in [-0.1, -0.05) is 11.8 Å². The first-order chi connectivity index (χ1) is 6.45. The average Bonchev–Trinajstić information content (AvgIpc) is 2.69. The van der Waals surface area contributed by atoms with Gasteiger partial charge < -0.3 is 5.32 Å².